The smallest absolute Gasteiger partial charge is 0.332 e. The van der Waals surface area contributed by atoms with Crippen molar-refractivity contribution in [3.63, 3.8) is 0 Å². The summed E-state index contributed by atoms with van der Waals surface area (Å²) in [5.41, 5.74) is 1.35. The van der Waals surface area contributed by atoms with Gasteiger partial charge in [-0.3, -0.25) is 18.7 Å². The third-order valence-electron chi connectivity index (χ3n) is 6.14. The lowest BCUT2D eigenvalue weighted by Gasteiger charge is -2.08. The molecule has 0 fully saturated rings. The van der Waals surface area contributed by atoms with Crippen LogP contribution in [-0.4, -0.2) is 24.6 Å². The lowest BCUT2D eigenvalue weighted by molar-refractivity contribution is -0.121. The summed E-state index contributed by atoms with van der Waals surface area (Å²) in [6, 6.07) is 7.48. The van der Waals surface area contributed by atoms with E-state index in [1.807, 2.05) is 24.3 Å². The molecule has 0 radical (unpaired) electrons. The minimum atomic E-state index is -0.312. The van der Waals surface area contributed by atoms with E-state index in [9.17, 15) is 14.4 Å². The molecule has 2 heterocycles. The Kier molecular flexibility index (Phi) is 9.51. The van der Waals surface area contributed by atoms with E-state index in [1.165, 1.54) is 9.13 Å². The highest BCUT2D eigenvalue weighted by atomic mass is 35.5. The number of fused-ring (bicyclic) bond motifs is 1. The van der Waals surface area contributed by atoms with Crippen LogP contribution in [0.3, 0.4) is 0 Å². The molecule has 2 aromatic heterocycles. The molecule has 0 aliphatic rings. The second-order valence-corrected chi connectivity index (χ2v) is 9.24. The van der Waals surface area contributed by atoms with E-state index in [0.717, 1.165) is 56.9 Å². The van der Waals surface area contributed by atoms with Crippen molar-refractivity contribution >= 4 is 28.7 Å². The van der Waals surface area contributed by atoms with E-state index in [0.29, 0.717) is 35.7 Å². The molecule has 1 N–H and O–H groups in total. The van der Waals surface area contributed by atoms with Crippen LogP contribution < -0.4 is 16.6 Å². The number of rotatable bonds is 13. The largest absolute Gasteiger partial charge is 0.352 e. The molecule has 8 nitrogen and oxygen atoms in total. The summed E-state index contributed by atoms with van der Waals surface area (Å²) in [7, 11) is 3.41. The van der Waals surface area contributed by atoms with Crippen LogP contribution in [0.2, 0.25) is 5.02 Å². The minimum absolute atomic E-state index is 0.0839. The summed E-state index contributed by atoms with van der Waals surface area (Å²) < 4.78 is 4.42. The number of carbonyl (C=O) groups is 1. The van der Waals surface area contributed by atoms with Crippen LogP contribution in [0.15, 0.2) is 40.2 Å². The van der Waals surface area contributed by atoms with Gasteiger partial charge >= 0.3 is 5.69 Å². The Bertz CT molecular complexity index is 1210. The van der Waals surface area contributed by atoms with Crippen LogP contribution in [-0.2, 0) is 32.0 Å². The van der Waals surface area contributed by atoms with Crippen molar-refractivity contribution < 1.29 is 4.79 Å². The molecule has 0 saturated heterocycles. The summed E-state index contributed by atoms with van der Waals surface area (Å²) in [5, 5.41) is 3.64. The molecule has 1 amide bonds. The monoisotopic (exact) mass is 487 g/mol. The highest BCUT2D eigenvalue weighted by Gasteiger charge is 2.14. The normalized spacial score (nSPS) is 11.3. The number of nitrogens with zero attached hydrogens (tertiary/aromatic N) is 4. The zero-order valence-corrected chi connectivity index (χ0v) is 20.8. The summed E-state index contributed by atoms with van der Waals surface area (Å²) in [6.07, 6.45) is 10.3. The minimum Gasteiger partial charge on any atom is -0.352 e. The van der Waals surface area contributed by atoms with Gasteiger partial charge in [-0.05, 0) is 30.5 Å². The molecule has 0 aliphatic heterocycles. The summed E-state index contributed by atoms with van der Waals surface area (Å²) in [4.78, 5) is 41.3. The fraction of sp³-hybridized carbons (Fsp3) is 0.520. The van der Waals surface area contributed by atoms with Gasteiger partial charge in [0.05, 0.1) is 6.33 Å². The van der Waals surface area contributed by atoms with Crippen LogP contribution in [0.5, 0.6) is 0 Å². The van der Waals surface area contributed by atoms with Gasteiger partial charge < -0.3 is 9.88 Å². The number of nitrogens with one attached hydrogen (secondary N) is 1. The first-order valence-corrected chi connectivity index (χ1v) is 12.4. The summed E-state index contributed by atoms with van der Waals surface area (Å²) in [6.45, 7) is 0.960. The Labute approximate surface area is 204 Å². The number of hydrogen-bond donors (Lipinski definition) is 1. The average Bonchev–Trinajstić information content (AvgIpc) is 3.22. The zero-order valence-electron chi connectivity index (χ0n) is 20.1. The molecule has 34 heavy (non-hydrogen) atoms. The number of hydrogen-bond acceptors (Lipinski definition) is 4. The van der Waals surface area contributed by atoms with Crippen molar-refractivity contribution in [1.29, 1.82) is 0 Å². The topological polar surface area (TPSA) is 90.9 Å². The average molecular weight is 488 g/mol. The molecule has 0 spiro atoms. The molecule has 0 bridgehead atoms. The predicted octanol–water partition coefficient (Wildman–Crippen LogP) is 3.91. The van der Waals surface area contributed by atoms with Crippen molar-refractivity contribution in [2.75, 3.05) is 0 Å². The molecule has 0 unspecified atom stereocenters. The highest BCUT2D eigenvalue weighted by Crippen LogP contribution is 2.11. The number of aryl methyl sites for hydroxylation is 2. The van der Waals surface area contributed by atoms with Crippen LogP contribution in [0.1, 0.15) is 63.4 Å². The summed E-state index contributed by atoms with van der Waals surface area (Å²) >= 11 is 5.87. The Hall–Kier alpha value is -2.87. The Morgan fingerprint density at radius 2 is 1.56 bits per heavy atom. The van der Waals surface area contributed by atoms with Gasteiger partial charge in [-0.25, -0.2) is 9.78 Å². The lowest BCUT2D eigenvalue weighted by atomic mass is 10.1. The molecule has 1 aromatic carbocycles. The first kappa shape index (κ1) is 25.7. The number of benzene rings is 1. The third-order valence-corrected chi connectivity index (χ3v) is 6.39. The predicted molar refractivity (Wildman–Crippen MR) is 135 cm³/mol. The van der Waals surface area contributed by atoms with Crippen LogP contribution in [0.25, 0.3) is 11.2 Å². The molecule has 184 valence electrons. The maximum absolute atomic E-state index is 12.7. The Morgan fingerprint density at radius 3 is 2.24 bits per heavy atom. The molecular weight excluding hydrogens is 454 g/mol. The second kappa shape index (κ2) is 12.6. The summed E-state index contributed by atoms with van der Waals surface area (Å²) in [5.74, 6) is 0.0839. The fourth-order valence-electron chi connectivity index (χ4n) is 4.10. The molecule has 0 atom stereocenters. The first-order valence-electron chi connectivity index (χ1n) is 12.0. The molecule has 3 aromatic rings. The van der Waals surface area contributed by atoms with Gasteiger partial charge in [0.2, 0.25) is 5.91 Å². The highest BCUT2D eigenvalue weighted by molar-refractivity contribution is 6.30. The maximum atomic E-state index is 12.7. The van der Waals surface area contributed by atoms with Gasteiger partial charge in [-0.1, -0.05) is 62.3 Å². The van der Waals surface area contributed by atoms with Gasteiger partial charge in [0.1, 0.15) is 0 Å². The Morgan fingerprint density at radius 1 is 0.941 bits per heavy atom. The van der Waals surface area contributed by atoms with Crippen molar-refractivity contribution in [3.8, 4) is 0 Å². The molecule has 0 saturated carbocycles. The molecule has 9 heteroatoms. The van der Waals surface area contributed by atoms with Crippen LogP contribution in [0, 0.1) is 0 Å². The van der Waals surface area contributed by atoms with E-state index < -0.39 is 0 Å². The number of unbranched alkanes of at least 4 members (excludes halogenated alkanes) is 7. The number of carbonyl (C=O) groups excluding carboxylic acids is 1. The third kappa shape index (κ3) is 6.82. The van der Waals surface area contributed by atoms with Crippen LogP contribution >= 0.6 is 11.6 Å². The fourth-order valence-corrected chi connectivity index (χ4v) is 4.23. The van der Waals surface area contributed by atoms with E-state index in [-0.39, 0.29) is 17.2 Å². The van der Waals surface area contributed by atoms with Crippen molar-refractivity contribution in [2.45, 2.75) is 70.9 Å². The van der Waals surface area contributed by atoms with E-state index >= 15 is 0 Å². The number of halogens is 1. The Balaban J connectivity index is 1.25. The van der Waals surface area contributed by atoms with Gasteiger partial charge in [0.25, 0.3) is 5.56 Å². The van der Waals surface area contributed by atoms with Gasteiger partial charge in [-0.2, -0.15) is 0 Å². The van der Waals surface area contributed by atoms with E-state index in [1.54, 1.807) is 25.0 Å². The van der Waals surface area contributed by atoms with Gasteiger partial charge in [-0.15, -0.1) is 0 Å². The van der Waals surface area contributed by atoms with Gasteiger partial charge in [0.15, 0.2) is 11.2 Å². The van der Waals surface area contributed by atoms with Crippen molar-refractivity contribution in [3.05, 3.63) is 62.0 Å². The molecule has 0 aliphatic carbocycles. The van der Waals surface area contributed by atoms with E-state index in [4.69, 9.17) is 11.6 Å². The quantitative estimate of drug-likeness (QED) is 0.370. The maximum Gasteiger partial charge on any atom is 0.332 e. The van der Waals surface area contributed by atoms with Crippen molar-refractivity contribution in [1.82, 2.24) is 24.0 Å². The SMILES string of the molecule is Cn1cnc2c1c(=O)n(CCCCCCCCCCC(=O)NCc1ccc(Cl)cc1)c(=O)n2C. The zero-order chi connectivity index (χ0) is 24.5. The van der Waals surface area contributed by atoms with Crippen molar-refractivity contribution in [2.24, 2.45) is 14.1 Å². The molecule has 3 rings (SSSR count). The van der Waals surface area contributed by atoms with Gasteiger partial charge in [0, 0.05) is 38.6 Å². The van der Waals surface area contributed by atoms with E-state index in [2.05, 4.69) is 10.3 Å². The number of aromatic nitrogens is 4. The number of amides is 1. The number of imidazole rings is 1. The standard InChI is InChI=1S/C25H34ClN5O3/c1-29-18-28-23-22(29)24(33)31(25(34)30(23)2)16-10-8-6-4-3-5-7-9-11-21(32)27-17-19-12-14-20(26)15-13-19/h12-15,18H,3-11,16-17H2,1-2H3,(H,27,32). The second-order valence-electron chi connectivity index (χ2n) is 8.81. The lowest BCUT2D eigenvalue weighted by Crippen LogP contribution is -2.39. The molecular formula is C25H34ClN5O3. The van der Waals surface area contributed by atoms with Crippen LogP contribution in [0.4, 0.5) is 0 Å². The first-order chi connectivity index (χ1) is 16.4.